The van der Waals surface area contributed by atoms with Gasteiger partial charge in [-0.1, -0.05) is 24.3 Å². The third kappa shape index (κ3) is 4.25. The number of benzene rings is 1. The minimum absolute atomic E-state index is 0.199. The quantitative estimate of drug-likeness (QED) is 0.466. The van der Waals surface area contributed by atoms with Crippen LogP contribution in [-0.2, 0) is 9.53 Å². The highest BCUT2D eigenvalue weighted by Crippen LogP contribution is 2.24. The molecule has 4 nitrogen and oxygen atoms in total. The summed E-state index contributed by atoms with van der Waals surface area (Å²) >= 11 is 0. The van der Waals surface area contributed by atoms with Gasteiger partial charge in [0.1, 0.15) is 0 Å². The van der Waals surface area contributed by atoms with Crippen LogP contribution in [0.25, 0.3) is 0 Å². The lowest BCUT2D eigenvalue weighted by molar-refractivity contribution is -0.145. The Morgan fingerprint density at radius 3 is 2.53 bits per heavy atom. The van der Waals surface area contributed by atoms with Gasteiger partial charge in [-0.25, -0.2) is 4.79 Å². The molecule has 102 valence electrons. The van der Waals surface area contributed by atoms with E-state index in [0.29, 0.717) is 18.4 Å². The number of esters is 1. The van der Waals surface area contributed by atoms with Crippen LogP contribution in [-0.4, -0.2) is 23.7 Å². The van der Waals surface area contributed by atoms with Gasteiger partial charge in [0, 0.05) is 0 Å². The molecule has 0 aliphatic rings. The Balaban J connectivity index is 2.37. The fourth-order valence-corrected chi connectivity index (χ4v) is 1.56. The Kier molecular flexibility index (Phi) is 5.30. The highest BCUT2D eigenvalue weighted by Gasteiger charge is 2.28. The summed E-state index contributed by atoms with van der Waals surface area (Å²) in [5.41, 5.74) is -0.480. The zero-order chi connectivity index (χ0) is 14.3. The van der Waals surface area contributed by atoms with Gasteiger partial charge < -0.3 is 9.84 Å². The van der Waals surface area contributed by atoms with Crippen molar-refractivity contribution in [3.8, 4) is 0 Å². The third-order valence-corrected chi connectivity index (χ3v) is 3.02. The molecule has 0 radical (unpaired) electrons. The summed E-state index contributed by atoms with van der Waals surface area (Å²) in [6, 6.07) is 8.69. The SMILES string of the molecule is C=CC(C)(CCCOC(=O)c1ccccc1)C(=O)O. The molecule has 0 aromatic heterocycles. The van der Waals surface area contributed by atoms with Gasteiger partial charge in [-0.3, -0.25) is 4.79 Å². The molecule has 19 heavy (non-hydrogen) atoms. The molecule has 0 heterocycles. The van der Waals surface area contributed by atoms with Gasteiger partial charge in [-0.05, 0) is 31.9 Å². The summed E-state index contributed by atoms with van der Waals surface area (Å²) in [7, 11) is 0. The average molecular weight is 262 g/mol. The molecule has 1 rings (SSSR count). The predicted octanol–water partition coefficient (Wildman–Crippen LogP) is 2.90. The Labute approximate surface area is 112 Å². The van der Waals surface area contributed by atoms with Crippen molar-refractivity contribution in [3.63, 3.8) is 0 Å². The molecule has 0 amide bonds. The maximum Gasteiger partial charge on any atom is 0.338 e. The topological polar surface area (TPSA) is 63.6 Å². The first-order chi connectivity index (χ1) is 8.99. The third-order valence-electron chi connectivity index (χ3n) is 3.02. The number of carboxylic acid groups (broad SMARTS) is 1. The Morgan fingerprint density at radius 2 is 2.00 bits per heavy atom. The van der Waals surface area contributed by atoms with Crippen LogP contribution in [0.3, 0.4) is 0 Å². The van der Waals surface area contributed by atoms with Gasteiger partial charge in [0.2, 0.25) is 0 Å². The summed E-state index contributed by atoms with van der Waals surface area (Å²) < 4.78 is 5.08. The van der Waals surface area contributed by atoms with Crippen molar-refractivity contribution in [1.82, 2.24) is 0 Å². The molecule has 4 heteroatoms. The van der Waals surface area contributed by atoms with Crippen molar-refractivity contribution >= 4 is 11.9 Å². The van der Waals surface area contributed by atoms with Gasteiger partial charge in [0.15, 0.2) is 0 Å². The van der Waals surface area contributed by atoms with E-state index in [2.05, 4.69) is 6.58 Å². The van der Waals surface area contributed by atoms with Crippen LogP contribution < -0.4 is 0 Å². The molecule has 0 aliphatic heterocycles. The number of ether oxygens (including phenoxy) is 1. The van der Waals surface area contributed by atoms with E-state index in [1.165, 1.54) is 6.08 Å². The van der Waals surface area contributed by atoms with E-state index in [-0.39, 0.29) is 6.61 Å². The first kappa shape index (κ1) is 15.0. The zero-order valence-electron chi connectivity index (χ0n) is 11.0. The van der Waals surface area contributed by atoms with Crippen LogP contribution in [0.15, 0.2) is 43.0 Å². The molecule has 0 fully saturated rings. The van der Waals surface area contributed by atoms with Crippen LogP contribution >= 0.6 is 0 Å². The Hall–Kier alpha value is -2.10. The minimum Gasteiger partial charge on any atom is -0.481 e. The van der Waals surface area contributed by atoms with Gasteiger partial charge in [-0.15, -0.1) is 6.58 Å². The first-order valence-corrected chi connectivity index (χ1v) is 6.09. The van der Waals surface area contributed by atoms with Crippen LogP contribution in [0.2, 0.25) is 0 Å². The van der Waals surface area contributed by atoms with Gasteiger partial charge in [0.25, 0.3) is 0 Å². The predicted molar refractivity (Wildman–Crippen MR) is 71.9 cm³/mol. The molecule has 0 saturated heterocycles. The van der Waals surface area contributed by atoms with Crippen molar-refractivity contribution < 1.29 is 19.4 Å². The van der Waals surface area contributed by atoms with Gasteiger partial charge >= 0.3 is 11.9 Å². The largest absolute Gasteiger partial charge is 0.481 e. The van der Waals surface area contributed by atoms with E-state index in [1.807, 2.05) is 6.07 Å². The van der Waals surface area contributed by atoms with Gasteiger partial charge in [0.05, 0.1) is 17.6 Å². The number of aliphatic carboxylic acids is 1. The van der Waals surface area contributed by atoms with Crippen LogP contribution in [0.1, 0.15) is 30.1 Å². The standard InChI is InChI=1S/C15H18O4/c1-3-15(2,14(17)18)10-7-11-19-13(16)12-8-5-4-6-9-12/h3-6,8-9H,1,7,10-11H2,2H3,(H,17,18). The molecule has 1 unspecified atom stereocenters. The molecule has 0 spiro atoms. The van der Waals surface area contributed by atoms with E-state index in [9.17, 15) is 9.59 Å². The normalized spacial score (nSPS) is 13.3. The average Bonchev–Trinajstić information content (AvgIpc) is 2.43. The number of carbonyl (C=O) groups excluding carboxylic acids is 1. The van der Waals surface area contributed by atoms with E-state index >= 15 is 0 Å². The lowest BCUT2D eigenvalue weighted by Gasteiger charge is -2.19. The molecular formula is C15H18O4. The smallest absolute Gasteiger partial charge is 0.338 e. The molecule has 1 aromatic rings. The maximum atomic E-state index is 11.6. The maximum absolute atomic E-state index is 11.6. The highest BCUT2D eigenvalue weighted by atomic mass is 16.5. The first-order valence-electron chi connectivity index (χ1n) is 6.09. The Bertz CT molecular complexity index is 452. The van der Waals surface area contributed by atoms with Crippen LogP contribution in [0, 0.1) is 5.41 Å². The van der Waals surface area contributed by atoms with Crippen LogP contribution in [0.5, 0.6) is 0 Å². The van der Waals surface area contributed by atoms with Crippen molar-refractivity contribution in [2.45, 2.75) is 19.8 Å². The molecule has 1 aromatic carbocycles. The zero-order valence-corrected chi connectivity index (χ0v) is 11.0. The van der Waals surface area contributed by atoms with Crippen LogP contribution in [0.4, 0.5) is 0 Å². The van der Waals surface area contributed by atoms with E-state index in [4.69, 9.17) is 9.84 Å². The lowest BCUT2D eigenvalue weighted by Crippen LogP contribution is -2.25. The summed E-state index contributed by atoms with van der Waals surface area (Å²) in [5, 5.41) is 9.04. The summed E-state index contributed by atoms with van der Waals surface area (Å²) in [6.07, 6.45) is 2.27. The highest BCUT2D eigenvalue weighted by molar-refractivity contribution is 5.89. The Morgan fingerprint density at radius 1 is 1.37 bits per heavy atom. The second kappa shape index (κ2) is 6.73. The number of carbonyl (C=O) groups is 2. The molecule has 1 N–H and O–H groups in total. The van der Waals surface area contributed by atoms with Crippen molar-refractivity contribution in [2.24, 2.45) is 5.41 Å². The van der Waals surface area contributed by atoms with E-state index in [0.717, 1.165) is 0 Å². The lowest BCUT2D eigenvalue weighted by atomic mass is 9.86. The van der Waals surface area contributed by atoms with Gasteiger partial charge in [-0.2, -0.15) is 0 Å². The van der Waals surface area contributed by atoms with E-state index < -0.39 is 17.4 Å². The number of rotatable bonds is 7. The number of hydrogen-bond donors (Lipinski definition) is 1. The second-order valence-electron chi connectivity index (χ2n) is 4.53. The number of hydrogen-bond acceptors (Lipinski definition) is 3. The summed E-state index contributed by atoms with van der Waals surface area (Å²) in [4.78, 5) is 22.6. The molecule has 1 atom stereocenters. The molecule has 0 aliphatic carbocycles. The summed E-state index contributed by atoms with van der Waals surface area (Å²) in [6.45, 7) is 5.32. The fourth-order valence-electron chi connectivity index (χ4n) is 1.56. The fraction of sp³-hybridized carbons (Fsp3) is 0.333. The van der Waals surface area contributed by atoms with E-state index in [1.54, 1.807) is 31.2 Å². The van der Waals surface area contributed by atoms with Crippen molar-refractivity contribution in [1.29, 1.82) is 0 Å². The molecule has 0 bridgehead atoms. The molecule has 0 saturated carbocycles. The monoisotopic (exact) mass is 262 g/mol. The summed E-state index contributed by atoms with van der Waals surface area (Å²) in [5.74, 6) is -1.31. The second-order valence-corrected chi connectivity index (χ2v) is 4.53. The van der Waals surface area contributed by atoms with Crippen molar-refractivity contribution in [2.75, 3.05) is 6.61 Å². The van der Waals surface area contributed by atoms with Crippen molar-refractivity contribution in [3.05, 3.63) is 48.6 Å². The minimum atomic E-state index is -0.973. The molecular weight excluding hydrogens is 244 g/mol. The number of carboxylic acids is 1.